The molecule has 0 aliphatic carbocycles. The van der Waals surface area contributed by atoms with Crippen molar-refractivity contribution in [1.82, 2.24) is 0 Å². The summed E-state index contributed by atoms with van der Waals surface area (Å²) < 4.78 is 4.27. The van der Waals surface area contributed by atoms with Gasteiger partial charge in [0.25, 0.3) is 0 Å². The van der Waals surface area contributed by atoms with Crippen LogP contribution in [-0.4, -0.2) is 19.6 Å². The molecule has 0 aromatic rings. The standard InChI is InChI=1S/C3H7NO2/c1-6-2-3(4)5/h2H2,1H3,(H2,4,5)/p-1. The molecule has 3 heteroatoms. The van der Waals surface area contributed by atoms with Gasteiger partial charge in [-0.3, -0.25) is 0 Å². The van der Waals surface area contributed by atoms with Gasteiger partial charge in [0, 0.05) is 7.11 Å². The predicted octanol–water partition coefficient (Wildman–Crippen LogP) is -1.03. The monoisotopic (exact) mass is 88.0 g/mol. The topological polar surface area (TPSA) is 56.1 Å². The second-order valence-electron chi connectivity index (χ2n) is 0.856. The van der Waals surface area contributed by atoms with Gasteiger partial charge in [-0.2, -0.15) is 0 Å². The lowest BCUT2D eigenvalue weighted by Crippen LogP contribution is -2.20. The van der Waals surface area contributed by atoms with Gasteiger partial charge in [0.1, 0.15) is 0 Å². The first kappa shape index (κ1) is 5.43. The van der Waals surface area contributed by atoms with Crippen molar-refractivity contribution >= 4 is 5.90 Å². The van der Waals surface area contributed by atoms with E-state index in [0.717, 1.165) is 0 Å². The molecule has 3 nitrogen and oxygen atoms in total. The molecule has 0 spiro atoms. The fourth-order valence-electron chi connectivity index (χ4n) is 0.131. The Balaban J connectivity index is 2.83. The van der Waals surface area contributed by atoms with Crippen molar-refractivity contribution in [3.8, 4) is 0 Å². The van der Waals surface area contributed by atoms with Gasteiger partial charge in [-0.15, -0.1) is 0 Å². The summed E-state index contributed by atoms with van der Waals surface area (Å²) >= 11 is 0. The lowest BCUT2D eigenvalue weighted by atomic mass is 10.7. The molecule has 0 fully saturated rings. The van der Waals surface area contributed by atoms with Crippen LogP contribution < -0.4 is 5.11 Å². The molecule has 0 radical (unpaired) electrons. The Hall–Kier alpha value is -0.570. The molecule has 0 heterocycles. The molecule has 0 saturated carbocycles. The molecule has 0 bridgehead atoms. The Morgan fingerprint density at radius 3 is 2.50 bits per heavy atom. The van der Waals surface area contributed by atoms with Crippen LogP contribution in [0.15, 0.2) is 0 Å². The average Bonchev–Trinajstić information content (AvgIpc) is 1.35. The van der Waals surface area contributed by atoms with Gasteiger partial charge in [-0.1, -0.05) is 0 Å². The highest BCUT2D eigenvalue weighted by molar-refractivity contribution is 5.68. The second kappa shape index (κ2) is 2.66. The maximum atomic E-state index is 9.59. The quantitative estimate of drug-likeness (QED) is 0.346. The Morgan fingerprint density at radius 2 is 2.50 bits per heavy atom. The SMILES string of the molecule is COCC(=N)[O-]. The number of nitrogens with one attached hydrogen (secondary N) is 1. The third kappa shape index (κ3) is 3.43. The second-order valence-corrected chi connectivity index (χ2v) is 0.856. The molecule has 36 valence electrons. The first-order chi connectivity index (χ1) is 2.77. The fourth-order valence-corrected chi connectivity index (χ4v) is 0.131. The lowest BCUT2D eigenvalue weighted by Gasteiger charge is -2.01. The first-order valence-electron chi connectivity index (χ1n) is 1.50. The van der Waals surface area contributed by atoms with E-state index in [0.29, 0.717) is 0 Å². The van der Waals surface area contributed by atoms with Crippen LogP contribution in [0.25, 0.3) is 0 Å². The van der Waals surface area contributed by atoms with Crippen LogP contribution in [0.4, 0.5) is 0 Å². The smallest absolute Gasteiger partial charge is 0.0737 e. The minimum Gasteiger partial charge on any atom is -0.861 e. The number of ether oxygens (including phenoxy) is 1. The van der Waals surface area contributed by atoms with Crippen molar-refractivity contribution in [3.05, 3.63) is 0 Å². The molecule has 0 atom stereocenters. The van der Waals surface area contributed by atoms with Crippen LogP contribution in [0.2, 0.25) is 0 Å². The fraction of sp³-hybridized carbons (Fsp3) is 0.667. The van der Waals surface area contributed by atoms with Crippen molar-refractivity contribution in [2.75, 3.05) is 13.7 Å². The van der Waals surface area contributed by atoms with Gasteiger partial charge in [-0.05, 0) is 5.90 Å². The molecular weight excluding hydrogens is 82.0 g/mol. The van der Waals surface area contributed by atoms with Gasteiger partial charge < -0.3 is 15.3 Å². The highest BCUT2D eigenvalue weighted by Crippen LogP contribution is 1.58. The van der Waals surface area contributed by atoms with Crippen molar-refractivity contribution in [2.45, 2.75) is 0 Å². The van der Waals surface area contributed by atoms with Gasteiger partial charge in [0.15, 0.2) is 0 Å². The zero-order valence-corrected chi connectivity index (χ0v) is 3.52. The molecule has 0 aromatic heterocycles. The third-order valence-electron chi connectivity index (χ3n) is 0.275. The van der Waals surface area contributed by atoms with Gasteiger partial charge in [0.2, 0.25) is 0 Å². The normalized spacial score (nSPS) is 8.17. The maximum Gasteiger partial charge on any atom is 0.0737 e. The van der Waals surface area contributed by atoms with Gasteiger partial charge in [-0.25, -0.2) is 0 Å². The summed E-state index contributed by atoms with van der Waals surface area (Å²) in [7, 11) is 1.38. The Bertz CT molecular complexity index is 52.8. The molecule has 0 aromatic carbocycles. The largest absolute Gasteiger partial charge is 0.861 e. The van der Waals surface area contributed by atoms with Crippen LogP contribution in [0.1, 0.15) is 0 Å². The van der Waals surface area contributed by atoms with E-state index in [-0.39, 0.29) is 6.61 Å². The molecule has 0 rings (SSSR count). The molecule has 0 aliphatic heterocycles. The molecule has 0 unspecified atom stereocenters. The summed E-state index contributed by atoms with van der Waals surface area (Å²) in [5, 5.41) is 15.8. The third-order valence-corrected chi connectivity index (χ3v) is 0.275. The van der Waals surface area contributed by atoms with E-state index in [1.807, 2.05) is 0 Å². The van der Waals surface area contributed by atoms with Crippen LogP contribution in [0.5, 0.6) is 0 Å². The van der Waals surface area contributed by atoms with E-state index in [4.69, 9.17) is 5.41 Å². The minimum absolute atomic E-state index is 0.0972. The predicted molar refractivity (Wildman–Crippen MR) is 19.6 cm³/mol. The number of hydrogen-bond donors (Lipinski definition) is 1. The highest BCUT2D eigenvalue weighted by atomic mass is 16.5. The van der Waals surface area contributed by atoms with Crippen LogP contribution in [0, 0.1) is 5.41 Å². The summed E-state index contributed by atoms with van der Waals surface area (Å²) in [5.41, 5.74) is 0. The first-order valence-corrected chi connectivity index (χ1v) is 1.50. The van der Waals surface area contributed by atoms with Gasteiger partial charge in [0.05, 0.1) is 6.61 Å². The minimum atomic E-state index is -0.683. The highest BCUT2D eigenvalue weighted by Gasteiger charge is 1.69. The number of rotatable bonds is 2. The summed E-state index contributed by atoms with van der Waals surface area (Å²) in [4.78, 5) is 0. The Morgan fingerprint density at radius 1 is 2.00 bits per heavy atom. The Kier molecular flexibility index (Phi) is 2.40. The summed E-state index contributed by atoms with van der Waals surface area (Å²) in [5.74, 6) is -0.683. The molecule has 0 amide bonds. The molecule has 1 N–H and O–H groups in total. The van der Waals surface area contributed by atoms with Crippen molar-refractivity contribution in [3.63, 3.8) is 0 Å². The van der Waals surface area contributed by atoms with Crippen molar-refractivity contribution in [2.24, 2.45) is 0 Å². The summed E-state index contributed by atoms with van der Waals surface area (Å²) in [6.07, 6.45) is 0. The van der Waals surface area contributed by atoms with E-state index < -0.39 is 5.90 Å². The van der Waals surface area contributed by atoms with E-state index in [9.17, 15) is 5.11 Å². The summed E-state index contributed by atoms with van der Waals surface area (Å²) in [6.45, 7) is -0.0972. The van der Waals surface area contributed by atoms with E-state index in [1.165, 1.54) is 7.11 Å². The van der Waals surface area contributed by atoms with Crippen LogP contribution in [-0.2, 0) is 4.74 Å². The van der Waals surface area contributed by atoms with E-state index in [2.05, 4.69) is 4.74 Å². The average molecular weight is 88.1 g/mol. The molecular formula is C3H6NO2-. The molecule has 6 heavy (non-hydrogen) atoms. The van der Waals surface area contributed by atoms with E-state index >= 15 is 0 Å². The van der Waals surface area contributed by atoms with Crippen molar-refractivity contribution in [1.29, 1.82) is 5.41 Å². The maximum absolute atomic E-state index is 9.59. The van der Waals surface area contributed by atoms with Crippen molar-refractivity contribution < 1.29 is 9.84 Å². The lowest BCUT2D eigenvalue weighted by molar-refractivity contribution is -0.224. The summed E-state index contributed by atoms with van der Waals surface area (Å²) in [6, 6.07) is 0. The zero-order chi connectivity index (χ0) is 4.99. The van der Waals surface area contributed by atoms with E-state index in [1.54, 1.807) is 0 Å². The van der Waals surface area contributed by atoms with Crippen LogP contribution >= 0.6 is 0 Å². The number of methoxy groups -OCH3 is 1. The molecule has 0 aliphatic rings. The van der Waals surface area contributed by atoms with Gasteiger partial charge >= 0.3 is 0 Å². The zero-order valence-electron chi connectivity index (χ0n) is 3.52. The Labute approximate surface area is 36.1 Å². The number of hydrogen-bond acceptors (Lipinski definition) is 3. The van der Waals surface area contributed by atoms with Crippen LogP contribution in [0.3, 0.4) is 0 Å². The molecule has 0 saturated heterocycles.